The standard InChI is InChI=1S/C10H10ClF3O2S/c11-7-2-1-5(10(12,13)14)3-6(7)9(16)8(15)4-17/h1-3,8-9,15-17H,4H2. The van der Waals surface area contributed by atoms with Crippen LogP contribution in [0, 0.1) is 0 Å². The smallest absolute Gasteiger partial charge is 0.389 e. The van der Waals surface area contributed by atoms with E-state index in [1.54, 1.807) is 0 Å². The number of hydrogen-bond acceptors (Lipinski definition) is 3. The van der Waals surface area contributed by atoms with Crippen molar-refractivity contribution in [3.8, 4) is 0 Å². The summed E-state index contributed by atoms with van der Waals surface area (Å²) in [6.45, 7) is 0. The number of hydrogen-bond donors (Lipinski definition) is 3. The van der Waals surface area contributed by atoms with E-state index in [2.05, 4.69) is 12.6 Å². The van der Waals surface area contributed by atoms with Gasteiger partial charge in [0.2, 0.25) is 0 Å². The van der Waals surface area contributed by atoms with Gasteiger partial charge in [-0.05, 0) is 18.2 Å². The lowest BCUT2D eigenvalue weighted by molar-refractivity contribution is -0.137. The number of aliphatic hydroxyl groups is 2. The molecule has 0 bridgehead atoms. The van der Waals surface area contributed by atoms with Crippen molar-refractivity contribution in [2.24, 2.45) is 0 Å². The number of thiol groups is 1. The monoisotopic (exact) mass is 286 g/mol. The molecule has 0 fully saturated rings. The third-order valence-electron chi connectivity index (χ3n) is 2.19. The van der Waals surface area contributed by atoms with Crippen LogP contribution in [0.15, 0.2) is 18.2 Å². The van der Waals surface area contributed by atoms with Crippen LogP contribution in [-0.4, -0.2) is 22.1 Å². The Morgan fingerprint density at radius 1 is 1.29 bits per heavy atom. The summed E-state index contributed by atoms with van der Waals surface area (Å²) in [4.78, 5) is 0. The normalized spacial score (nSPS) is 15.7. The van der Waals surface area contributed by atoms with Gasteiger partial charge in [0, 0.05) is 16.3 Å². The Labute approximate surface area is 106 Å². The highest BCUT2D eigenvalue weighted by Gasteiger charge is 2.32. The molecule has 0 aliphatic carbocycles. The molecule has 2 N–H and O–H groups in total. The van der Waals surface area contributed by atoms with E-state index < -0.39 is 23.9 Å². The summed E-state index contributed by atoms with van der Waals surface area (Å²) in [5.41, 5.74) is -1.09. The fourth-order valence-electron chi connectivity index (χ4n) is 1.25. The predicted molar refractivity (Wildman–Crippen MR) is 61.3 cm³/mol. The van der Waals surface area contributed by atoms with E-state index >= 15 is 0 Å². The maximum atomic E-state index is 12.4. The molecule has 0 aromatic heterocycles. The van der Waals surface area contributed by atoms with Gasteiger partial charge in [0.1, 0.15) is 6.10 Å². The highest BCUT2D eigenvalue weighted by atomic mass is 35.5. The van der Waals surface area contributed by atoms with Gasteiger partial charge in [-0.15, -0.1) is 0 Å². The Morgan fingerprint density at radius 2 is 1.88 bits per heavy atom. The van der Waals surface area contributed by atoms with E-state index in [0.717, 1.165) is 18.2 Å². The zero-order chi connectivity index (χ0) is 13.2. The summed E-state index contributed by atoms with van der Waals surface area (Å²) >= 11 is 9.43. The van der Waals surface area contributed by atoms with Crippen LogP contribution in [0.25, 0.3) is 0 Å². The second-order valence-electron chi connectivity index (χ2n) is 3.43. The number of halogens is 4. The fourth-order valence-corrected chi connectivity index (χ4v) is 1.68. The molecule has 0 aliphatic heterocycles. The molecule has 2 atom stereocenters. The average Bonchev–Trinajstić information content (AvgIpc) is 2.26. The molecule has 2 nitrogen and oxygen atoms in total. The molecule has 0 spiro atoms. The first-order valence-electron chi connectivity index (χ1n) is 4.61. The van der Waals surface area contributed by atoms with Crippen molar-refractivity contribution in [1.82, 2.24) is 0 Å². The molecule has 0 radical (unpaired) electrons. The molecule has 1 rings (SSSR count). The number of rotatable bonds is 3. The van der Waals surface area contributed by atoms with Crippen molar-refractivity contribution >= 4 is 24.2 Å². The first-order chi connectivity index (χ1) is 7.77. The lowest BCUT2D eigenvalue weighted by Gasteiger charge is -2.18. The predicted octanol–water partition coefficient (Wildman–Crippen LogP) is 2.68. The van der Waals surface area contributed by atoms with Gasteiger partial charge in [-0.25, -0.2) is 0 Å². The molecule has 0 aliphatic rings. The quantitative estimate of drug-likeness (QED) is 0.748. The minimum atomic E-state index is -4.52. The van der Waals surface area contributed by atoms with Crippen molar-refractivity contribution in [2.45, 2.75) is 18.4 Å². The summed E-state index contributed by atoms with van der Waals surface area (Å²) in [5.74, 6) is -0.0895. The van der Waals surface area contributed by atoms with Crippen molar-refractivity contribution in [2.75, 3.05) is 5.75 Å². The van der Waals surface area contributed by atoms with Crippen LogP contribution in [0.1, 0.15) is 17.2 Å². The largest absolute Gasteiger partial charge is 0.416 e. The molecule has 0 heterocycles. The summed E-state index contributed by atoms with van der Waals surface area (Å²) in [5, 5.41) is 18.9. The van der Waals surface area contributed by atoms with Crippen LogP contribution in [-0.2, 0) is 6.18 Å². The maximum absolute atomic E-state index is 12.4. The van der Waals surface area contributed by atoms with E-state index in [1.807, 2.05) is 0 Å². The number of alkyl halides is 3. The minimum Gasteiger partial charge on any atom is -0.389 e. The lowest BCUT2D eigenvalue weighted by Crippen LogP contribution is -2.20. The molecule has 2 unspecified atom stereocenters. The van der Waals surface area contributed by atoms with E-state index in [-0.39, 0.29) is 16.3 Å². The van der Waals surface area contributed by atoms with Crippen LogP contribution in [0.5, 0.6) is 0 Å². The average molecular weight is 287 g/mol. The van der Waals surface area contributed by atoms with Crippen molar-refractivity contribution in [3.05, 3.63) is 34.3 Å². The Balaban J connectivity index is 3.15. The minimum absolute atomic E-state index is 0.0358. The van der Waals surface area contributed by atoms with Gasteiger partial charge in [0.15, 0.2) is 0 Å². The lowest BCUT2D eigenvalue weighted by atomic mass is 10.0. The van der Waals surface area contributed by atoms with Gasteiger partial charge in [0.25, 0.3) is 0 Å². The number of aliphatic hydroxyl groups excluding tert-OH is 2. The summed E-state index contributed by atoms with van der Waals surface area (Å²) in [6, 6.07) is 2.57. The second-order valence-corrected chi connectivity index (χ2v) is 4.20. The van der Waals surface area contributed by atoms with E-state index in [4.69, 9.17) is 11.6 Å². The molecule has 0 amide bonds. The molecule has 0 saturated carbocycles. The van der Waals surface area contributed by atoms with Gasteiger partial charge in [0.05, 0.1) is 11.7 Å². The van der Waals surface area contributed by atoms with Crippen LogP contribution >= 0.6 is 24.2 Å². The Bertz CT molecular complexity index is 398. The summed E-state index contributed by atoms with van der Waals surface area (Å²) < 4.78 is 37.3. The Kier molecular flexibility index (Phi) is 4.71. The van der Waals surface area contributed by atoms with Crippen molar-refractivity contribution < 1.29 is 23.4 Å². The maximum Gasteiger partial charge on any atom is 0.416 e. The SMILES string of the molecule is OC(CS)C(O)c1cc(C(F)(F)F)ccc1Cl. The van der Waals surface area contributed by atoms with Gasteiger partial charge < -0.3 is 10.2 Å². The van der Waals surface area contributed by atoms with Crippen LogP contribution < -0.4 is 0 Å². The zero-order valence-corrected chi connectivity index (χ0v) is 10.1. The summed E-state index contributed by atoms with van der Waals surface area (Å²) in [7, 11) is 0. The van der Waals surface area contributed by atoms with E-state index in [1.165, 1.54) is 0 Å². The Morgan fingerprint density at radius 3 is 2.35 bits per heavy atom. The number of benzene rings is 1. The third-order valence-corrected chi connectivity index (χ3v) is 2.91. The highest BCUT2D eigenvalue weighted by Crippen LogP contribution is 2.34. The molecular weight excluding hydrogens is 277 g/mol. The fraction of sp³-hybridized carbons (Fsp3) is 0.400. The van der Waals surface area contributed by atoms with Crippen LogP contribution in [0.3, 0.4) is 0 Å². The van der Waals surface area contributed by atoms with Crippen molar-refractivity contribution in [3.63, 3.8) is 0 Å². The Hall–Kier alpha value is -0.430. The molecular formula is C10H10ClF3O2S. The first-order valence-corrected chi connectivity index (χ1v) is 5.62. The van der Waals surface area contributed by atoms with E-state index in [9.17, 15) is 23.4 Å². The van der Waals surface area contributed by atoms with Crippen molar-refractivity contribution in [1.29, 1.82) is 0 Å². The van der Waals surface area contributed by atoms with E-state index in [0.29, 0.717) is 0 Å². The molecule has 1 aromatic rings. The van der Waals surface area contributed by atoms with Gasteiger partial charge >= 0.3 is 6.18 Å². The van der Waals surface area contributed by atoms with Gasteiger partial charge in [-0.2, -0.15) is 25.8 Å². The molecule has 1 aromatic carbocycles. The molecule has 7 heteroatoms. The molecule has 17 heavy (non-hydrogen) atoms. The van der Waals surface area contributed by atoms with Crippen LogP contribution in [0.2, 0.25) is 5.02 Å². The summed E-state index contributed by atoms with van der Waals surface area (Å²) in [6.07, 6.45) is -7.30. The van der Waals surface area contributed by atoms with Gasteiger partial charge in [-0.3, -0.25) is 0 Å². The zero-order valence-electron chi connectivity index (χ0n) is 8.45. The first kappa shape index (κ1) is 14.6. The molecule has 0 saturated heterocycles. The topological polar surface area (TPSA) is 40.5 Å². The second kappa shape index (κ2) is 5.48. The highest BCUT2D eigenvalue weighted by molar-refractivity contribution is 7.80. The van der Waals surface area contributed by atoms with Gasteiger partial charge in [-0.1, -0.05) is 11.6 Å². The molecule has 96 valence electrons. The van der Waals surface area contributed by atoms with Crippen LogP contribution in [0.4, 0.5) is 13.2 Å². The third kappa shape index (κ3) is 3.51.